The van der Waals surface area contributed by atoms with E-state index < -0.39 is 5.97 Å². The van der Waals surface area contributed by atoms with Gasteiger partial charge in [-0.1, -0.05) is 29.3 Å². The second-order valence-electron chi connectivity index (χ2n) is 6.43. The number of nitrogens with zero attached hydrogens (tertiary/aromatic N) is 3. The molecule has 1 heterocycles. The lowest BCUT2D eigenvalue weighted by Gasteiger charge is -2.17. The maximum Gasteiger partial charge on any atom is 0.306 e. The Balaban J connectivity index is 1.79. The molecule has 0 aliphatic heterocycles. The summed E-state index contributed by atoms with van der Waals surface area (Å²) in [6, 6.07) is 5.18. The zero-order valence-corrected chi connectivity index (χ0v) is 17.4. The van der Waals surface area contributed by atoms with E-state index in [9.17, 15) is 9.59 Å². The molecule has 0 saturated heterocycles. The number of aryl methyl sites for hydroxylation is 2. The third kappa shape index (κ3) is 5.71. The fourth-order valence-electron chi connectivity index (χ4n) is 2.73. The van der Waals surface area contributed by atoms with Gasteiger partial charge < -0.3 is 9.64 Å². The van der Waals surface area contributed by atoms with E-state index in [2.05, 4.69) is 5.10 Å². The minimum Gasteiger partial charge on any atom is -0.456 e. The van der Waals surface area contributed by atoms with E-state index >= 15 is 0 Å². The summed E-state index contributed by atoms with van der Waals surface area (Å²) in [5.74, 6) is -0.697. The lowest BCUT2D eigenvalue weighted by atomic mass is 10.1. The van der Waals surface area contributed by atoms with Crippen LogP contribution in [0.15, 0.2) is 18.2 Å². The summed E-state index contributed by atoms with van der Waals surface area (Å²) in [6.07, 6.45) is 0.745. The number of hydrogen-bond acceptors (Lipinski definition) is 4. The van der Waals surface area contributed by atoms with Crippen LogP contribution in [-0.4, -0.2) is 40.2 Å². The quantitative estimate of drug-likeness (QED) is 0.654. The van der Waals surface area contributed by atoms with Crippen LogP contribution in [-0.2, 0) is 34.3 Å². The van der Waals surface area contributed by atoms with Gasteiger partial charge in [-0.15, -0.1) is 0 Å². The Hall–Kier alpha value is -2.05. The molecule has 2 aromatic rings. The van der Waals surface area contributed by atoms with Gasteiger partial charge in [0.05, 0.1) is 15.7 Å². The van der Waals surface area contributed by atoms with Crippen LogP contribution in [0.4, 0.5) is 0 Å². The molecule has 146 valence electrons. The normalized spacial score (nSPS) is 10.7. The number of aromatic nitrogens is 2. The molecule has 1 aromatic carbocycles. The summed E-state index contributed by atoms with van der Waals surface area (Å²) in [7, 11) is 3.51. The molecule has 6 nitrogen and oxygen atoms in total. The number of carbonyl (C=O) groups is 2. The Morgan fingerprint density at radius 3 is 2.52 bits per heavy atom. The highest BCUT2D eigenvalue weighted by molar-refractivity contribution is 6.42. The van der Waals surface area contributed by atoms with E-state index in [1.165, 1.54) is 4.90 Å². The zero-order valence-electron chi connectivity index (χ0n) is 15.9. The predicted molar refractivity (Wildman–Crippen MR) is 105 cm³/mol. The van der Waals surface area contributed by atoms with Gasteiger partial charge in [0.25, 0.3) is 5.91 Å². The van der Waals surface area contributed by atoms with Crippen LogP contribution in [0.2, 0.25) is 10.0 Å². The second-order valence-corrected chi connectivity index (χ2v) is 7.25. The maximum atomic E-state index is 12.2. The van der Waals surface area contributed by atoms with E-state index in [-0.39, 0.29) is 18.9 Å². The highest BCUT2D eigenvalue weighted by Crippen LogP contribution is 2.23. The molecule has 0 N–H and O–H groups in total. The molecule has 0 spiro atoms. The van der Waals surface area contributed by atoms with Crippen LogP contribution in [0.25, 0.3) is 0 Å². The monoisotopic (exact) mass is 411 g/mol. The molecule has 1 aromatic heterocycles. The van der Waals surface area contributed by atoms with E-state index in [0.29, 0.717) is 23.0 Å². The Labute approximate surface area is 169 Å². The van der Waals surface area contributed by atoms with Crippen LogP contribution in [0.5, 0.6) is 0 Å². The van der Waals surface area contributed by atoms with Crippen LogP contribution in [0.1, 0.15) is 28.9 Å². The maximum absolute atomic E-state index is 12.2. The third-order valence-electron chi connectivity index (χ3n) is 4.42. The summed E-state index contributed by atoms with van der Waals surface area (Å²) >= 11 is 11.9. The van der Waals surface area contributed by atoms with Gasteiger partial charge in [-0.25, -0.2) is 0 Å². The fraction of sp³-hybridized carbons (Fsp3) is 0.421. The van der Waals surface area contributed by atoms with E-state index in [1.807, 2.05) is 20.9 Å². The first-order chi connectivity index (χ1) is 12.7. The summed E-state index contributed by atoms with van der Waals surface area (Å²) in [5.41, 5.74) is 3.81. The minimum atomic E-state index is -0.408. The van der Waals surface area contributed by atoms with Crippen LogP contribution >= 0.6 is 23.2 Å². The Morgan fingerprint density at radius 1 is 1.22 bits per heavy atom. The first-order valence-electron chi connectivity index (χ1n) is 8.51. The SMILES string of the molecule is Cc1nn(C)c(C)c1CCC(=O)OCC(=O)N(C)Cc1ccc(Cl)c(Cl)c1. The van der Waals surface area contributed by atoms with Crippen LogP contribution in [0.3, 0.4) is 0 Å². The number of rotatable bonds is 7. The smallest absolute Gasteiger partial charge is 0.306 e. The van der Waals surface area contributed by atoms with Crippen molar-refractivity contribution in [3.05, 3.63) is 50.8 Å². The van der Waals surface area contributed by atoms with Crippen molar-refractivity contribution in [1.82, 2.24) is 14.7 Å². The molecule has 2 rings (SSSR count). The number of ether oxygens (including phenoxy) is 1. The molecule has 0 aliphatic carbocycles. The van der Waals surface area contributed by atoms with Crippen molar-refractivity contribution < 1.29 is 14.3 Å². The largest absolute Gasteiger partial charge is 0.456 e. The van der Waals surface area contributed by atoms with Crippen molar-refractivity contribution in [2.75, 3.05) is 13.7 Å². The van der Waals surface area contributed by atoms with Crippen LogP contribution < -0.4 is 0 Å². The lowest BCUT2D eigenvalue weighted by Crippen LogP contribution is -2.30. The first kappa shape index (κ1) is 21.3. The van der Waals surface area contributed by atoms with E-state index in [1.54, 1.807) is 29.9 Å². The van der Waals surface area contributed by atoms with Gasteiger partial charge in [-0.2, -0.15) is 5.10 Å². The number of benzene rings is 1. The molecule has 0 saturated carbocycles. The number of carbonyl (C=O) groups excluding carboxylic acids is 2. The molecule has 0 atom stereocenters. The summed E-state index contributed by atoms with van der Waals surface area (Å²) in [4.78, 5) is 25.6. The van der Waals surface area contributed by atoms with Crippen molar-refractivity contribution in [2.24, 2.45) is 7.05 Å². The molecule has 27 heavy (non-hydrogen) atoms. The number of amides is 1. The van der Waals surface area contributed by atoms with Crippen LogP contribution in [0, 0.1) is 13.8 Å². The lowest BCUT2D eigenvalue weighted by molar-refractivity contribution is -0.151. The van der Waals surface area contributed by atoms with Crippen molar-refractivity contribution in [3.63, 3.8) is 0 Å². The first-order valence-corrected chi connectivity index (χ1v) is 9.27. The predicted octanol–water partition coefficient (Wildman–Crippen LogP) is 3.48. The van der Waals surface area contributed by atoms with Gasteiger partial charge in [0.2, 0.25) is 0 Å². The molecule has 8 heteroatoms. The van der Waals surface area contributed by atoms with E-state index in [4.69, 9.17) is 27.9 Å². The van der Waals surface area contributed by atoms with Gasteiger partial charge in [-0.05, 0) is 43.5 Å². The second kappa shape index (κ2) is 9.24. The summed E-state index contributed by atoms with van der Waals surface area (Å²) < 4.78 is 6.90. The standard InChI is InChI=1S/C19H23Cl2N3O3/c1-12-15(13(2)24(4)22-12)6-8-19(26)27-11-18(25)23(3)10-14-5-7-16(20)17(21)9-14/h5,7,9H,6,8,10-11H2,1-4H3. The molecule has 0 unspecified atom stereocenters. The van der Waals surface area contributed by atoms with E-state index in [0.717, 1.165) is 22.5 Å². The minimum absolute atomic E-state index is 0.206. The Kier molecular flexibility index (Phi) is 7.27. The summed E-state index contributed by atoms with van der Waals surface area (Å²) in [6.45, 7) is 3.93. The highest BCUT2D eigenvalue weighted by Gasteiger charge is 2.15. The van der Waals surface area contributed by atoms with Crippen molar-refractivity contribution in [3.8, 4) is 0 Å². The fourth-order valence-corrected chi connectivity index (χ4v) is 3.05. The number of esters is 1. The molecule has 1 amide bonds. The van der Waals surface area contributed by atoms with Gasteiger partial charge in [0.1, 0.15) is 0 Å². The number of likely N-dealkylation sites (N-methyl/N-ethyl adjacent to an activating group) is 1. The van der Waals surface area contributed by atoms with Gasteiger partial charge >= 0.3 is 5.97 Å². The van der Waals surface area contributed by atoms with Crippen molar-refractivity contribution in [2.45, 2.75) is 33.2 Å². The average molecular weight is 412 g/mol. The molecule has 0 radical (unpaired) electrons. The number of halogens is 2. The van der Waals surface area contributed by atoms with Crippen molar-refractivity contribution in [1.29, 1.82) is 0 Å². The van der Waals surface area contributed by atoms with Gasteiger partial charge in [0.15, 0.2) is 6.61 Å². The summed E-state index contributed by atoms with van der Waals surface area (Å²) in [5, 5.41) is 5.22. The Morgan fingerprint density at radius 2 is 1.93 bits per heavy atom. The van der Waals surface area contributed by atoms with Gasteiger partial charge in [-0.3, -0.25) is 14.3 Å². The topological polar surface area (TPSA) is 64.4 Å². The molecular formula is C19H23Cl2N3O3. The number of hydrogen-bond donors (Lipinski definition) is 0. The molecular weight excluding hydrogens is 389 g/mol. The van der Waals surface area contributed by atoms with Crippen molar-refractivity contribution >= 4 is 35.1 Å². The third-order valence-corrected chi connectivity index (χ3v) is 5.16. The Bertz CT molecular complexity index is 849. The molecule has 0 bridgehead atoms. The van der Waals surface area contributed by atoms with Gasteiger partial charge in [0, 0.05) is 32.8 Å². The average Bonchev–Trinajstić information content (AvgIpc) is 2.86. The molecule has 0 fully saturated rings. The highest BCUT2D eigenvalue weighted by atomic mass is 35.5. The molecule has 0 aliphatic rings. The zero-order chi connectivity index (χ0) is 20.1.